The fourth-order valence-electron chi connectivity index (χ4n) is 2.41. The molecule has 0 aromatic carbocycles. The Balaban J connectivity index is 2.24. The molecule has 6 heteroatoms. The summed E-state index contributed by atoms with van der Waals surface area (Å²) in [7, 11) is 0. The number of aliphatic carboxylic acids is 1. The van der Waals surface area contributed by atoms with E-state index in [0.29, 0.717) is 11.3 Å². The third kappa shape index (κ3) is 4.00. The molecule has 5 nitrogen and oxygen atoms in total. The highest BCUT2D eigenvalue weighted by atomic mass is 32.1. The third-order valence-corrected chi connectivity index (χ3v) is 5.02. The average Bonchev–Trinajstić information content (AvgIpc) is 2.99. The first kappa shape index (κ1) is 18.1. The van der Waals surface area contributed by atoms with Gasteiger partial charge in [0.2, 0.25) is 0 Å². The largest absolute Gasteiger partial charge is 0.481 e. The van der Waals surface area contributed by atoms with Gasteiger partial charge >= 0.3 is 5.97 Å². The number of amides is 1. The van der Waals surface area contributed by atoms with Crippen LogP contribution in [-0.2, 0) is 4.79 Å². The van der Waals surface area contributed by atoms with Crippen LogP contribution in [0.15, 0.2) is 29.0 Å². The second-order valence-electron chi connectivity index (χ2n) is 6.44. The van der Waals surface area contributed by atoms with Crippen molar-refractivity contribution < 1.29 is 14.7 Å². The van der Waals surface area contributed by atoms with E-state index in [9.17, 15) is 9.59 Å². The Labute approximate surface area is 145 Å². The summed E-state index contributed by atoms with van der Waals surface area (Å²) in [4.78, 5) is 28.2. The Hall–Kier alpha value is -2.21. The van der Waals surface area contributed by atoms with Gasteiger partial charge in [-0.3, -0.25) is 14.6 Å². The maximum Gasteiger partial charge on any atom is 0.305 e. The Kier molecular flexibility index (Phi) is 5.39. The Morgan fingerprint density at radius 1 is 1.33 bits per heavy atom. The summed E-state index contributed by atoms with van der Waals surface area (Å²) in [6, 6.07) is 5.54. The van der Waals surface area contributed by atoms with E-state index < -0.39 is 11.5 Å². The Morgan fingerprint density at radius 2 is 2.04 bits per heavy atom. The van der Waals surface area contributed by atoms with Crippen molar-refractivity contribution in [1.29, 1.82) is 0 Å². The van der Waals surface area contributed by atoms with Gasteiger partial charge in [-0.05, 0) is 43.3 Å². The lowest BCUT2D eigenvalue weighted by atomic mass is 9.85. The lowest BCUT2D eigenvalue weighted by Gasteiger charge is -2.33. The highest BCUT2D eigenvalue weighted by Crippen LogP contribution is 2.24. The number of carboxylic acid groups (broad SMARTS) is 1. The molecule has 24 heavy (non-hydrogen) atoms. The summed E-state index contributed by atoms with van der Waals surface area (Å²) in [5.74, 6) is -1.25. The molecule has 0 spiro atoms. The van der Waals surface area contributed by atoms with Crippen LogP contribution in [0.3, 0.4) is 0 Å². The van der Waals surface area contributed by atoms with Gasteiger partial charge in [-0.25, -0.2) is 0 Å². The summed E-state index contributed by atoms with van der Waals surface area (Å²) < 4.78 is 0. The highest BCUT2D eigenvalue weighted by Gasteiger charge is 2.33. The van der Waals surface area contributed by atoms with Crippen molar-refractivity contribution in [3.8, 4) is 11.3 Å². The van der Waals surface area contributed by atoms with E-state index >= 15 is 0 Å². The van der Waals surface area contributed by atoms with Crippen LogP contribution in [0.2, 0.25) is 0 Å². The van der Waals surface area contributed by atoms with Crippen LogP contribution < -0.4 is 5.32 Å². The van der Waals surface area contributed by atoms with Crippen LogP contribution in [-0.4, -0.2) is 27.5 Å². The molecule has 0 saturated carbocycles. The van der Waals surface area contributed by atoms with E-state index in [4.69, 9.17) is 5.11 Å². The van der Waals surface area contributed by atoms with Gasteiger partial charge in [0, 0.05) is 10.9 Å². The van der Waals surface area contributed by atoms with Crippen molar-refractivity contribution in [3.05, 3.63) is 40.2 Å². The topological polar surface area (TPSA) is 79.3 Å². The van der Waals surface area contributed by atoms with Crippen LogP contribution in [0.4, 0.5) is 0 Å². The third-order valence-electron chi connectivity index (χ3n) is 4.34. The molecule has 1 unspecified atom stereocenters. The molecule has 0 radical (unpaired) electrons. The second kappa shape index (κ2) is 7.13. The molecule has 0 aliphatic rings. The number of carboxylic acids is 1. The minimum absolute atomic E-state index is 0.0177. The van der Waals surface area contributed by atoms with E-state index in [1.807, 2.05) is 36.7 Å². The minimum atomic E-state index is -0.936. The molecular weight excluding hydrogens is 324 g/mol. The van der Waals surface area contributed by atoms with E-state index in [-0.39, 0.29) is 18.2 Å². The maximum absolute atomic E-state index is 12.6. The zero-order valence-electron chi connectivity index (χ0n) is 14.3. The van der Waals surface area contributed by atoms with E-state index in [0.717, 1.165) is 11.3 Å². The zero-order valence-corrected chi connectivity index (χ0v) is 15.1. The molecule has 0 fully saturated rings. The molecule has 2 aromatic heterocycles. The van der Waals surface area contributed by atoms with E-state index in [1.165, 1.54) is 0 Å². The van der Waals surface area contributed by atoms with Crippen molar-refractivity contribution >= 4 is 23.2 Å². The first-order chi connectivity index (χ1) is 11.2. The number of nitrogens with one attached hydrogen (secondary N) is 1. The van der Waals surface area contributed by atoms with Crippen molar-refractivity contribution in [1.82, 2.24) is 10.3 Å². The predicted octanol–water partition coefficient (Wildman–Crippen LogP) is 3.74. The van der Waals surface area contributed by atoms with E-state index in [1.54, 1.807) is 31.3 Å². The van der Waals surface area contributed by atoms with Crippen LogP contribution in [0.1, 0.15) is 43.2 Å². The van der Waals surface area contributed by atoms with Gasteiger partial charge in [0.25, 0.3) is 5.91 Å². The number of carbonyl (C=O) groups excluding carboxylic acids is 1. The molecule has 1 atom stereocenters. The van der Waals surface area contributed by atoms with Gasteiger partial charge in [0.15, 0.2) is 0 Å². The quantitative estimate of drug-likeness (QED) is 0.835. The van der Waals surface area contributed by atoms with Crippen LogP contribution >= 0.6 is 11.3 Å². The first-order valence-corrected chi connectivity index (χ1v) is 8.72. The number of thiophene rings is 1. The van der Waals surface area contributed by atoms with Crippen molar-refractivity contribution in [2.75, 3.05) is 0 Å². The number of aromatic nitrogens is 1. The summed E-state index contributed by atoms with van der Waals surface area (Å²) in [6.07, 6.45) is -0.129. The van der Waals surface area contributed by atoms with E-state index in [2.05, 4.69) is 10.3 Å². The zero-order chi connectivity index (χ0) is 17.9. The number of aryl methyl sites for hydroxylation is 1. The number of hydrogen-bond donors (Lipinski definition) is 2. The number of carbonyl (C=O) groups is 2. The lowest BCUT2D eigenvalue weighted by molar-refractivity contribution is -0.138. The van der Waals surface area contributed by atoms with Gasteiger partial charge in [-0.1, -0.05) is 13.8 Å². The Bertz CT molecular complexity index is 741. The first-order valence-electron chi connectivity index (χ1n) is 7.77. The Morgan fingerprint density at radius 3 is 2.54 bits per heavy atom. The summed E-state index contributed by atoms with van der Waals surface area (Å²) >= 11 is 1.59. The maximum atomic E-state index is 12.6. The molecule has 0 bridgehead atoms. The number of rotatable bonds is 6. The molecule has 0 aliphatic carbocycles. The average molecular weight is 346 g/mol. The van der Waals surface area contributed by atoms with Crippen LogP contribution in [0.5, 0.6) is 0 Å². The molecule has 0 saturated heterocycles. The normalized spacial score (nSPS) is 13.5. The molecule has 2 rings (SSSR count). The fraction of sp³-hybridized carbons (Fsp3) is 0.389. The van der Waals surface area contributed by atoms with Crippen molar-refractivity contribution in [2.24, 2.45) is 5.92 Å². The lowest BCUT2D eigenvalue weighted by Crippen LogP contribution is -2.51. The van der Waals surface area contributed by atoms with Crippen LogP contribution in [0.25, 0.3) is 11.3 Å². The number of hydrogen-bond acceptors (Lipinski definition) is 4. The van der Waals surface area contributed by atoms with Gasteiger partial charge in [-0.15, -0.1) is 0 Å². The standard InChI is InChI=1S/C18H22N2O3S/c1-11(2)18(4,9-16(21)22)20-17(23)14-5-6-15(19-12(14)3)13-7-8-24-10-13/h5-8,10-11H,9H2,1-4H3,(H,20,23)(H,21,22). The predicted molar refractivity (Wildman–Crippen MR) is 95.2 cm³/mol. The molecule has 0 aliphatic heterocycles. The monoisotopic (exact) mass is 346 g/mol. The molecule has 2 heterocycles. The number of pyridine rings is 1. The second-order valence-corrected chi connectivity index (χ2v) is 7.22. The molecule has 1 amide bonds. The minimum Gasteiger partial charge on any atom is -0.481 e. The summed E-state index contributed by atoms with van der Waals surface area (Å²) in [5.41, 5.74) is 2.11. The molecular formula is C18H22N2O3S. The molecule has 128 valence electrons. The van der Waals surface area contributed by atoms with Gasteiger partial charge in [0.05, 0.1) is 28.9 Å². The smallest absolute Gasteiger partial charge is 0.305 e. The summed E-state index contributed by atoms with van der Waals surface area (Å²) in [5, 5.41) is 16.0. The summed E-state index contributed by atoms with van der Waals surface area (Å²) in [6.45, 7) is 7.34. The van der Waals surface area contributed by atoms with Gasteiger partial charge < -0.3 is 10.4 Å². The van der Waals surface area contributed by atoms with Crippen LogP contribution in [0, 0.1) is 12.8 Å². The number of nitrogens with zero attached hydrogens (tertiary/aromatic N) is 1. The SMILES string of the molecule is Cc1nc(-c2ccsc2)ccc1C(=O)NC(C)(CC(=O)O)C(C)C. The highest BCUT2D eigenvalue weighted by molar-refractivity contribution is 7.08. The fourth-order valence-corrected chi connectivity index (χ4v) is 3.06. The van der Waals surface area contributed by atoms with Crippen molar-refractivity contribution in [3.63, 3.8) is 0 Å². The molecule has 2 aromatic rings. The van der Waals surface area contributed by atoms with Crippen molar-refractivity contribution in [2.45, 2.75) is 39.7 Å². The molecule has 2 N–H and O–H groups in total. The van der Waals surface area contributed by atoms with Gasteiger partial charge in [0.1, 0.15) is 0 Å². The van der Waals surface area contributed by atoms with Gasteiger partial charge in [-0.2, -0.15) is 11.3 Å².